The fourth-order valence-corrected chi connectivity index (χ4v) is 4.96. The largest absolute Gasteiger partial charge is 0.391 e. The van der Waals surface area contributed by atoms with Crippen LogP contribution in [0.1, 0.15) is 43.7 Å². The van der Waals surface area contributed by atoms with E-state index in [0.29, 0.717) is 25.7 Å². The van der Waals surface area contributed by atoms with E-state index in [1.54, 1.807) is 0 Å². The summed E-state index contributed by atoms with van der Waals surface area (Å²) in [7, 11) is 0. The Hall–Kier alpha value is -2.87. The van der Waals surface area contributed by atoms with E-state index in [1.807, 2.05) is 67.6 Å². The molecule has 1 aliphatic rings. The molecule has 4 unspecified atom stereocenters. The third kappa shape index (κ3) is 5.05. The molecule has 2 aromatic carbocycles. The summed E-state index contributed by atoms with van der Waals surface area (Å²) in [5, 5.41) is 0. The lowest BCUT2D eigenvalue weighted by atomic mass is 9.65. The molecule has 0 amide bonds. The highest BCUT2D eigenvalue weighted by Gasteiger charge is 2.62. The second-order valence-electron chi connectivity index (χ2n) is 8.93. The number of ether oxygens (including phenoxy) is 1. The van der Waals surface area contributed by atoms with Crippen molar-refractivity contribution in [3.05, 3.63) is 71.8 Å². The van der Waals surface area contributed by atoms with Gasteiger partial charge < -0.3 is 21.9 Å². The fourth-order valence-electron chi connectivity index (χ4n) is 4.96. The molecule has 7 heteroatoms. The van der Waals surface area contributed by atoms with E-state index in [2.05, 4.69) is 0 Å². The molecule has 3 rings (SSSR count). The van der Waals surface area contributed by atoms with E-state index < -0.39 is 35.0 Å². The van der Waals surface area contributed by atoms with Crippen molar-refractivity contribution < 1.29 is 19.1 Å². The van der Waals surface area contributed by atoms with Crippen LogP contribution in [0.2, 0.25) is 0 Å². The molecule has 33 heavy (non-hydrogen) atoms. The summed E-state index contributed by atoms with van der Waals surface area (Å²) in [5.41, 5.74) is 17.8. The zero-order valence-corrected chi connectivity index (χ0v) is 19.0. The Kier molecular flexibility index (Phi) is 7.79. The molecule has 176 valence electrons. The third-order valence-electron chi connectivity index (χ3n) is 6.90. The molecule has 6 N–H and O–H groups in total. The number of hydrogen-bond donors (Lipinski definition) is 3. The maximum Gasteiger partial charge on any atom is 0.334 e. The highest BCUT2D eigenvalue weighted by atomic mass is 16.6. The normalized spacial score (nSPS) is 24.1. The van der Waals surface area contributed by atoms with Crippen LogP contribution in [-0.2, 0) is 32.0 Å². The van der Waals surface area contributed by atoms with Crippen molar-refractivity contribution in [1.82, 2.24) is 0 Å². The predicted molar refractivity (Wildman–Crippen MR) is 126 cm³/mol. The number of ketones is 1. The molecule has 0 heterocycles. The van der Waals surface area contributed by atoms with Gasteiger partial charge in [0.15, 0.2) is 5.78 Å². The monoisotopic (exact) mass is 451 g/mol. The van der Waals surface area contributed by atoms with Crippen LogP contribution in [-0.4, -0.2) is 35.3 Å². The SMILES string of the molecule is CCC1(C(=O)C(N)Cc2ccccc2)CCCC1(N)C(=O)OC(=O)C(N)Cc1ccccc1. The van der Waals surface area contributed by atoms with E-state index in [9.17, 15) is 14.4 Å². The standard InChI is InChI=1S/C26H33N3O4/c1-2-25(22(30)20(27)16-18-10-5-3-6-11-18)14-9-15-26(25,29)24(32)33-23(31)21(28)17-19-12-7-4-8-13-19/h3-8,10-13,20-21H,2,9,14-17,27-29H2,1H3. The second-order valence-corrected chi connectivity index (χ2v) is 8.93. The summed E-state index contributed by atoms with van der Waals surface area (Å²) >= 11 is 0. The third-order valence-corrected chi connectivity index (χ3v) is 6.90. The zero-order valence-electron chi connectivity index (χ0n) is 19.0. The van der Waals surface area contributed by atoms with Gasteiger partial charge in [0.05, 0.1) is 11.5 Å². The summed E-state index contributed by atoms with van der Waals surface area (Å²) in [6.07, 6.45) is 2.11. The molecule has 0 radical (unpaired) electrons. The fraction of sp³-hybridized carbons (Fsp3) is 0.423. The van der Waals surface area contributed by atoms with Crippen LogP contribution in [0.4, 0.5) is 0 Å². The van der Waals surface area contributed by atoms with Gasteiger partial charge in [-0.3, -0.25) is 4.79 Å². The number of hydrogen-bond acceptors (Lipinski definition) is 7. The van der Waals surface area contributed by atoms with E-state index in [-0.39, 0.29) is 18.6 Å². The van der Waals surface area contributed by atoms with Crippen molar-refractivity contribution in [2.75, 3.05) is 0 Å². The van der Waals surface area contributed by atoms with Gasteiger partial charge >= 0.3 is 11.9 Å². The maximum absolute atomic E-state index is 13.6. The van der Waals surface area contributed by atoms with Crippen molar-refractivity contribution >= 4 is 17.7 Å². The summed E-state index contributed by atoms with van der Waals surface area (Å²) in [5.74, 6) is -2.03. The number of carbonyl (C=O) groups excluding carboxylic acids is 3. The number of benzene rings is 2. The minimum absolute atomic E-state index is 0.227. The van der Waals surface area contributed by atoms with Crippen LogP contribution in [0.15, 0.2) is 60.7 Å². The van der Waals surface area contributed by atoms with Crippen molar-refractivity contribution in [3.63, 3.8) is 0 Å². The second kappa shape index (κ2) is 10.4. The molecule has 7 nitrogen and oxygen atoms in total. The van der Waals surface area contributed by atoms with Gasteiger partial charge in [-0.15, -0.1) is 0 Å². The first kappa shape index (κ1) is 24.8. The molecule has 0 saturated heterocycles. The first-order valence-corrected chi connectivity index (χ1v) is 11.4. The lowest BCUT2D eigenvalue weighted by Crippen LogP contribution is -2.64. The highest BCUT2D eigenvalue weighted by molar-refractivity contribution is 6.01. The summed E-state index contributed by atoms with van der Waals surface area (Å²) in [6, 6.07) is 16.8. The first-order chi connectivity index (χ1) is 15.7. The van der Waals surface area contributed by atoms with Gasteiger partial charge in [0, 0.05) is 0 Å². The number of rotatable bonds is 9. The van der Waals surface area contributed by atoms with Crippen molar-refractivity contribution in [1.29, 1.82) is 0 Å². The van der Waals surface area contributed by atoms with Crippen LogP contribution >= 0.6 is 0 Å². The van der Waals surface area contributed by atoms with Gasteiger partial charge in [-0.25, -0.2) is 9.59 Å². The average molecular weight is 452 g/mol. The van der Waals surface area contributed by atoms with Crippen LogP contribution in [0.5, 0.6) is 0 Å². The number of nitrogens with two attached hydrogens (primary N) is 3. The van der Waals surface area contributed by atoms with Gasteiger partial charge in [-0.05, 0) is 49.7 Å². The molecular weight excluding hydrogens is 418 g/mol. The van der Waals surface area contributed by atoms with E-state index in [1.165, 1.54) is 0 Å². The van der Waals surface area contributed by atoms with E-state index in [4.69, 9.17) is 21.9 Å². The van der Waals surface area contributed by atoms with Gasteiger partial charge in [0.2, 0.25) is 0 Å². The molecule has 0 aromatic heterocycles. The summed E-state index contributed by atoms with van der Waals surface area (Å²) in [4.78, 5) is 39.3. The molecule has 1 fully saturated rings. The van der Waals surface area contributed by atoms with E-state index in [0.717, 1.165) is 11.1 Å². The molecule has 0 spiro atoms. The van der Waals surface area contributed by atoms with Gasteiger partial charge in [0.1, 0.15) is 11.6 Å². The van der Waals surface area contributed by atoms with Crippen LogP contribution < -0.4 is 17.2 Å². The van der Waals surface area contributed by atoms with Crippen LogP contribution in [0, 0.1) is 5.41 Å². The average Bonchev–Trinajstić information content (AvgIpc) is 3.18. The minimum atomic E-state index is -1.63. The quantitative estimate of drug-likeness (QED) is 0.392. The Morgan fingerprint density at radius 3 is 1.91 bits per heavy atom. The molecule has 4 atom stereocenters. The molecular formula is C26H33N3O4. The van der Waals surface area contributed by atoms with Crippen molar-refractivity contribution in [3.8, 4) is 0 Å². The zero-order chi connectivity index (χ0) is 24.1. The maximum atomic E-state index is 13.6. The molecule has 0 aliphatic heterocycles. The lowest BCUT2D eigenvalue weighted by Gasteiger charge is -2.41. The number of esters is 2. The Morgan fingerprint density at radius 2 is 1.39 bits per heavy atom. The molecule has 0 bridgehead atoms. The van der Waals surface area contributed by atoms with Gasteiger partial charge in [0.25, 0.3) is 0 Å². The first-order valence-electron chi connectivity index (χ1n) is 11.4. The Labute approximate surface area is 194 Å². The highest BCUT2D eigenvalue weighted by Crippen LogP contribution is 2.49. The van der Waals surface area contributed by atoms with Crippen LogP contribution in [0.3, 0.4) is 0 Å². The van der Waals surface area contributed by atoms with Gasteiger partial charge in [-0.1, -0.05) is 67.6 Å². The number of Topliss-reactive ketones (excluding diaryl/α,β-unsaturated/α-hetero) is 1. The Morgan fingerprint density at radius 1 is 0.879 bits per heavy atom. The number of carbonyl (C=O) groups is 3. The van der Waals surface area contributed by atoms with Crippen molar-refractivity contribution in [2.45, 2.75) is 63.1 Å². The summed E-state index contributed by atoms with van der Waals surface area (Å²) in [6.45, 7) is 1.82. The smallest absolute Gasteiger partial charge is 0.334 e. The van der Waals surface area contributed by atoms with Gasteiger partial charge in [-0.2, -0.15) is 0 Å². The molecule has 1 saturated carbocycles. The Balaban J connectivity index is 1.74. The van der Waals surface area contributed by atoms with Crippen molar-refractivity contribution in [2.24, 2.45) is 22.6 Å². The minimum Gasteiger partial charge on any atom is -0.391 e. The lowest BCUT2D eigenvalue weighted by molar-refractivity contribution is -0.169. The predicted octanol–water partition coefficient (Wildman–Crippen LogP) is 2.04. The van der Waals surface area contributed by atoms with E-state index >= 15 is 0 Å². The Bertz CT molecular complexity index is 982. The molecule has 2 aromatic rings. The topological polar surface area (TPSA) is 139 Å². The molecule has 1 aliphatic carbocycles. The van der Waals surface area contributed by atoms with Crippen LogP contribution in [0.25, 0.3) is 0 Å². The summed E-state index contributed by atoms with van der Waals surface area (Å²) < 4.78 is 5.16.